The Balaban J connectivity index is 1.59. The first kappa shape index (κ1) is 21.1. The second-order valence-electron chi connectivity index (χ2n) is 6.41. The fourth-order valence-corrected chi connectivity index (χ4v) is 3.37. The fourth-order valence-electron chi connectivity index (χ4n) is 2.99. The summed E-state index contributed by atoms with van der Waals surface area (Å²) in [6.07, 6.45) is 1.94. The quantitative estimate of drug-likeness (QED) is 0.372. The largest absolute Gasteiger partial charge is 0.507 e. The van der Waals surface area contributed by atoms with Gasteiger partial charge in [-0.15, -0.1) is 0 Å². The number of hydrazone groups is 1. The zero-order valence-corrected chi connectivity index (χ0v) is 17.7. The topological polar surface area (TPSA) is 104 Å². The highest BCUT2D eigenvalue weighted by molar-refractivity contribution is 9.10. The molecule has 1 saturated heterocycles. The first-order valence-corrected chi connectivity index (χ1v) is 9.94. The molecule has 1 heterocycles. The van der Waals surface area contributed by atoms with E-state index in [1.807, 2.05) is 25.1 Å². The molecule has 1 amide bonds. The molecule has 0 saturated carbocycles. The van der Waals surface area contributed by atoms with Gasteiger partial charge >= 0.3 is 0 Å². The third kappa shape index (κ3) is 5.26. The van der Waals surface area contributed by atoms with Crippen LogP contribution in [-0.4, -0.2) is 37.0 Å². The molecule has 9 heteroatoms. The number of phenolic OH excluding ortho intramolecular Hbond substituents is 1. The number of carbonyl (C=O) groups excluding carboxylic acids is 1. The molecule has 2 atom stereocenters. The van der Waals surface area contributed by atoms with E-state index in [0.717, 1.165) is 10.0 Å². The van der Waals surface area contributed by atoms with E-state index < -0.39 is 6.04 Å². The van der Waals surface area contributed by atoms with Crippen LogP contribution in [-0.2, 0) is 4.79 Å². The Bertz CT molecular complexity index is 906. The zero-order valence-electron chi connectivity index (χ0n) is 16.1. The molecule has 2 aromatic rings. The van der Waals surface area contributed by atoms with E-state index in [-0.39, 0.29) is 17.7 Å². The van der Waals surface area contributed by atoms with Crippen molar-refractivity contribution in [3.05, 3.63) is 52.0 Å². The maximum Gasteiger partial charge on any atom is 0.258 e. The molecule has 0 radical (unpaired) electrons. The summed E-state index contributed by atoms with van der Waals surface area (Å²) < 4.78 is 11.7. The third-order valence-electron chi connectivity index (χ3n) is 4.48. The van der Waals surface area contributed by atoms with Crippen LogP contribution in [0.5, 0.6) is 17.2 Å². The predicted molar refractivity (Wildman–Crippen MR) is 113 cm³/mol. The summed E-state index contributed by atoms with van der Waals surface area (Å²) in [5.74, 6) is 1.14. The van der Waals surface area contributed by atoms with Crippen LogP contribution in [0.15, 0.2) is 46.0 Å². The number of hydrogen-bond acceptors (Lipinski definition) is 7. The normalized spacial score (nSPS) is 18.7. The molecule has 1 aliphatic rings. The molecule has 3 rings (SSSR count). The molecule has 154 valence electrons. The van der Waals surface area contributed by atoms with Crippen LogP contribution in [0, 0.1) is 0 Å². The van der Waals surface area contributed by atoms with Crippen LogP contribution in [0.25, 0.3) is 0 Å². The summed E-state index contributed by atoms with van der Waals surface area (Å²) in [6, 6.07) is 10.2. The monoisotopic (exact) mass is 462 g/mol. The van der Waals surface area contributed by atoms with E-state index in [0.29, 0.717) is 30.1 Å². The lowest BCUT2D eigenvalue weighted by Gasteiger charge is -2.14. The summed E-state index contributed by atoms with van der Waals surface area (Å²) in [7, 11) is 1.60. The number of hydrogen-bond donors (Lipinski definition) is 4. The van der Waals surface area contributed by atoms with Gasteiger partial charge in [-0.25, -0.2) is 16.3 Å². The fraction of sp³-hybridized carbons (Fsp3) is 0.300. The van der Waals surface area contributed by atoms with Crippen LogP contribution >= 0.6 is 15.9 Å². The van der Waals surface area contributed by atoms with E-state index in [2.05, 4.69) is 37.3 Å². The summed E-state index contributed by atoms with van der Waals surface area (Å²) in [6.45, 7) is 2.47. The standard InChI is InChI=1S/C20H23BrN4O4/c1-3-29-18-7-4-12(9-19(18)28-2)15-10-16(24-23-15)20(27)25-22-11-13-8-14(21)5-6-17(13)26/h4-9,11,15-16,23-24,26H,3,10H2,1-2H3,(H,25,27)/b22-11+. The molecule has 4 N–H and O–H groups in total. The first-order chi connectivity index (χ1) is 14.0. The van der Waals surface area contributed by atoms with E-state index in [4.69, 9.17) is 9.47 Å². The summed E-state index contributed by atoms with van der Waals surface area (Å²) in [5, 5.41) is 13.7. The Morgan fingerprint density at radius 1 is 1.31 bits per heavy atom. The van der Waals surface area contributed by atoms with E-state index in [9.17, 15) is 9.90 Å². The van der Waals surface area contributed by atoms with E-state index >= 15 is 0 Å². The molecule has 29 heavy (non-hydrogen) atoms. The van der Waals surface area contributed by atoms with E-state index in [1.54, 1.807) is 25.3 Å². The highest BCUT2D eigenvalue weighted by Gasteiger charge is 2.30. The van der Waals surface area contributed by atoms with Crippen molar-refractivity contribution in [2.75, 3.05) is 13.7 Å². The lowest BCUT2D eigenvalue weighted by Crippen LogP contribution is -2.41. The SMILES string of the molecule is CCOc1ccc(C2CC(C(=O)N/N=C/c3cc(Br)ccc3O)NN2)cc1OC. The molecular formula is C20H23BrN4O4. The number of benzene rings is 2. The highest BCUT2D eigenvalue weighted by atomic mass is 79.9. The van der Waals surface area contributed by atoms with Crippen molar-refractivity contribution >= 4 is 28.1 Å². The minimum absolute atomic E-state index is 0.0616. The molecule has 0 aromatic heterocycles. The molecule has 2 aromatic carbocycles. The van der Waals surface area contributed by atoms with Gasteiger partial charge in [-0.2, -0.15) is 5.10 Å². The van der Waals surface area contributed by atoms with Gasteiger partial charge in [0.05, 0.1) is 19.9 Å². The van der Waals surface area contributed by atoms with Gasteiger partial charge in [-0.3, -0.25) is 4.79 Å². The molecule has 2 unspecified atom stereocenters. The maximum absolute atomic E-state index is 12.4. The predicted octanol–water partition coefficient (Wildman–Crippen LogP) is 2.62. The van der Waals surface area contributed by atoms with Gasteiger partial charge in [-0.05, 0) is 49.2 Å². The van der Waals surface area contributed by atoms with Gasteiger partial charge < -0.3 is 14.6 Å². The summed E-state index contributed by atoms with van der Waals surface area (Å²) >= 11 is 3.33. The minimum Gasteiger partial charge on any atom is -0.507 e. The van der Waals surface area contributed by atoms with Gasteiger partial charge in [0.1, 0.15) is 11.8 Å². The maximum atomic E-state index is 12.4. The van der Waals surface area contributed by atoms with E-state index in [1.165, 1.54) is 6.21 Å². The molecule has 0 bridgehead atoms. The second kappa shape index (κ2) is 9.73. The number of nitrogens with zero attached hydrogens (tertiary/aromatic N) is 1. The van der Waals surface area contributed by atoms with Crippen LogP contribution < -0.4 is 25.8 Å². The smallest absolute Gasteiger partial charge is 0.258 e. The molecular weight excluding hydrogens is 440 g/mol. The number of aromatic hydroxyl groups is 1. The Labute approximate surface area is 177 Å². The number of phenols is 1. The van der Waals surface area contributed by atoms with Crippen molar-refractivity contribution in [3.63, 3.8) is 0 Å². The second-order valence-corrected chi connectivity index (χ2v) is 7.33. The van der Waals surface area contributed by atoms with Crippen molar-refractivity contribution in [3.8, 4) is 17.2 Å². The number of amides is 1. The number of rotatable bonds is 7. The Kier molecular flexibility index (Phi) is 7.08. The molecule has 1 aliphatic heterocycles. The van der Waals surface area contributed by atoms with Gasteiger partial charge in [0.15, 0.2) is 11.5 Å². The number of halogens is 1. The van der Waals surface area contributed by atoms with Crippen molar-refractivity contribution in [2.45, 2.75) is 25.4 Å². The molecule has 1 fully saturated rings. The van der Waals surface area contributed by atoms with Gasteiger partial charge in [0.2, 0.25) is 0 Å². The summed E-state index contributed by atoms with van der Waals surface area (Å²) in [5.41, 5.74) is 10.1. The van der Waals surface area contributed by atoms with Crippen molar-refractivity contribution in [2.24, 2.45) is 5.10 Å². The van der Waals surface area contributed by atoms with Crippen LogP contribution in [0.4, 0.5) is 0 Å². The number of methoxy groups -OCH3 is 1. The number of nitrogens with one attached hydrogen (secondary N) is 3. The third-order valence-corrected chi connectivity index (χ3v) is 4.97. The lowest BCUT2D eigenvalue weighted by molar-refractivity contribution is -0.122. The number of ether oxygens (including phenoxy) is 2. The summed E-state index contributed by atoms with van der Waals surface area (Å²) in [4.78, 5) is 12.4. The lowest BCUT2D eigenvalue weighted by atomic mass is 10.0. The molecule has 0 aliphatic carbocycles. The van der Waals surface area contributed by atoms with Gasteiger partial charge in [0, 0.05) is 16.1 Å². The Hall–Kier alpha value is -2.62. The Morgan fingerprint density at radius 2 is 2.14 bits per heavy atom. The average Bonchev–Trinajstić information content (AvgIpc) is 3.21. The zero-order chi connectivity index (χ0) is 20.8. The first-order valence-electron chi connectivity index (χ1n) is 9.15. The van der Waals surface area contributed by atoms with Crippen molar-refractivity contribution in [1.82, 2.24) is 16.3 Å². The molecule has 8 nitrogen and oxygen atoms in total. The highest BCUT2D eigenvalue weighted by Crippen LogP contribution is 2.32. The minimum atomic E-state index is -0.453. The van der Waals surface area contributed by atoms with Crippen molar-refractivity contribution in [1.29, 1.82) is 0 Å². The van der Waals surface area contributed by atoms with Gasteiger partial charge in [0.25, 0.3) is 5.91 Å². The van der Waals surface area contributed by atoms with Crippen LogP contribution in [0.1, 0.15) is 30.5 Å². The van der Waals surface area contributed by atoms with Crippen LogP contribution in [0.2, 0.25) is 0 Å². The molecule has 0 spiro atoms. The van der Waals surface area contributed by atoms with Gasteiger partial charge in [-0.1, -0.05) is 22.0 Å². The number of hydrazine groups is 1. The van der Waals surface area contributed by atoms with Crippen molar-refractivity contribution < 1.29 is 19.4 Å². The van der Waals surface area contributed by atoms with Crippen LogP contribution in [0.3, 0.4) is 0 Å². The average molecular weight is 463 g/mol. The Morgan fingerprint density at radius 3 is 2.90 bits per heavy atom. The number of carbonyl (C=O) groups is 1.